The molecule has 3 nitrogen and oxygen atoms in total. The molecule has 0 fully saturated rings. The van der Waals surface area contributed by atoms with Gasteiger partial charge in [-0.05, 0) is 36.5 Å². The van der Waals surface area contributed by atoms with Crippen molar-refractivity contribution in [2.24, 2.45) is 5.92 Å². The van der Waals surface area contributed by atoms with Gasteiger partial charge in [0, 0.05) is 4.88 Å². The van der Waals surface area contributed by atoms with Gasteiger partial charge in [-0.15, -0.1) is 11.3 Å². The number of carbonyl (C=O) groups excluding carboxylic acids is 1. The summed E-state index contributed by atoms with van der Waals surface area (Å²) < 4.78 is 0. The Balaban J connectivity index is 2.23. The van der Waals surface area contributed by atoms with Gasteiger partial charge in [-0.2, -0.15) is 11.8 Å². The summed E-state index contributed by atoms with van der Waals surface area (Å²) in [4.78, 5) is 12.5. The molecule has 0 saturated heterocycles. The highest BCUT2D eigenvalue weighted by Gasteiger charge is 2.24. The van der Waals surface area contributed by atoms with Crippen molar-refractivity contribution < 1.29 is 9.90 Å². The Labute approximate surface area is 123 Å². The van der Waals surface area contributed by atoms with Crippen molar-refractivity contribution in [1.82, 2.24) is 5.32 Å². The van der Waals surface area contributed by atoms with Crippen LogP contribution in [0.3, 0.4) is 0 Å². The largest absolute Gasteiger partial charge is 0.383 e. The molecule has 1 rings (SSSR count). The number of nitrogens with one attached hydrogen (secondary N) is 1. The fourth-order valence-corrected chi connectivity index (χ4v) is 3.33. The van der Waals surface area contributed by atoms with Crippen LogP contribution >= 0.6 is 23.1 Å². The van der Waals surface area contributed by atoms with Crippen molar-refractivity contribution in [3.05, 3.63) is 22.4 Å². The lowest BCUT2D eigenvalue weighted by Gasteiger charge is -2.22. The number of amides is 1. The molecule has 0 bridgehead atoms. The summed E-state index contributed by atoms with van der Waals surface area (Å²) in [5, 5.41) is 15.0. The fourth-order valence-electron chi connectivity index (χ4n) is 1.48. The Morgan fingerprint density at radius 3 is 2.89 bits per heavy atom. The van der Waals surface area contributed by atoms with Crippen molar-refractivity contribution >= 4 is 29.0 Å². The molecule has 0 spiro atoms. The lowest BCUT2D eigenvalue weighted by molar-refractivity contribution is -0.119. The third-order valence-electron chi connectivity index (χ3n) is 2.75. The zero-order valence-electron chi connectivity index (χ0n) is 11.8. The van der Waals surface area contributed by atoms with E-state index in [4.69, 9.17) is 0 Å². The Kier molecular flexibility index (Phi) is 6.89. The molecule has 0 aliphatic rings. The van der Waals surface area contributed by atoms with Crippen LogP contribution in [0.1, 0.15) is 32.1 Å². The van der Waals surface area contributed by atoms with E-state index in [1.54, 1.807) is 18.7 Å². The van der Waals surface area contributed by atoms with Crippen LogP contribution < -0.4 is 5.32 Å². The van der Waals surface area contributed by atoms with E-state index in [1.165, 1.54) is 11.3 Å². The predicted molar refractivity (Wildman–Crippen MR) is 83.7 cm³/mol. The quantitative estimate of drug-likeness (QED) is 0.726. The first-order valence-corrected chi connectivity index (χ1v) is 8.56. The normalized spacial score (nSPS) is 14.4. The number of aliphatic hydroxyl groups is 1. The molecule has 0 aliphatic heterocycles. The van der Waals surface area contributed by atoms with Crippen molar-refractivity contribution in [3.8, 4) is 0 Å². The SMILES string of the molecule is CC(C)CCSCC(=O)NCC(C)(O)c1cccs1. The van der Waals surface area contributed by atoms with Crippen LogP contribution in [0.5, 0.6) is 0 Å². The van der Waals surface area contributed by atoms with E-state index in [0.29, 0.717) is 11.7 Å². The lowest BCUT2D eigenvalue weighted by Crippen LogP contribution is -2.38. The van der Waals surface area contributed by atoms with E-state index >= 15 is 0 Å². The van der Waals surface area contributed by atoms with Gasteiger partial charge in [0.15, 0.2) is 0 Å². The van der Waals surface area contributed by atoms with E-state index in [0.717, 1.165) is 17.1 Å². The fraction of sp³-hybridized carbons (Fsp3) is 0.643. The predicted octanol–water partition coefficient (Wildman–Crippen LogP) is 2.85. The van der Waals surface area contributed by atoms with Gasteiger partial charge in [-0.1, -0.05) is 19.9 Å². The van der Waals surface area contributed by atoms with Gasteiger partial charge in [0.1, 0.15) is 5.60 Å². The molecule has 1 amide bonds. The molecule has 0 radical (unpaired) electrons. The summed E-state index contributed by atoms with van der Waals surface area (Å²) in [5.41, 5.74) is -0.980. The molecule has 1 aromatic rings. The van der Waals surface area contributed by atoms with Gasteiger partial charge in [0.2, 0.25) is 5.91 Å². The molecule has 2 N–H and O–H groups in total. The zero-order valence-corrected chi connectivity index (χ0v) is 13.4. The van der Waals surface area contributed by atoms with E-state index < -0.39 is 5.60 Å². The van der Waals surface area contributed by atoms with Gasteiger partial charge >= 0.3 is 0 Å². The van der Waals surface area contributed by atoms with Gasteiger partial charge in [-0.3, -0.25) is 4.79 Å². The van der Waals surface area contributed by atoms with Crippen LogP contribution in [0.15, 0.2) is 17.5 Å². The highest BCUT2D eigenvalue weighted by molar-refractivity contribution is 7.99. The molecule has 1 aromatic heterocycles. The maximum absolute atomic E-state index is 11.7. The van der Waals surface area contributed by atoms with E-state index in [-0.39, 0.29) is 12.5 Å². The second-order valence-corrected chi connectivity index (χ2v) is 7.32. The summed E-state index contributed by atoms with van der Waals surface area (Å²) in [6, 6.07) is 3.78. The van der Waals surface area contributed by atoms with Crippen molar-refractivity contribution in [2.75, 3.05) is 18.1 Å². The monoisotopic (exact) mass is 301 g/mol. The Morgan fingerprint density at radius 2 is 2.32 bits per heavy atom. The van der Waals surface area contributed by atoms with Gasteiger partial charge in [0.05, 0.1) is 12.3 Å². The van der Waals surface area contributed by atoms with Crippen LogP contribution in [0, 0.1) is 5.92 Å². The summed E-state index contributed by atoms with van der Waals surface area (Å²) in [6.45, 7) is 6.35. The minimum Gasteiger partial charge on any atom is -0.383 e. The van der Waals surface area contributed by atoms with E-state index in [2.05, 4.69) is 19.2 Å². The summed E-state index contributed by atoms with van der Waals surface area (Å²) in [7, 11) is 0. The maximum Gasteiger partial charge on any atom is 0.230 e. The van der Waals surface area contributed by atoms with E-state index in [9.17, 15) is 9.90 Å². The van der Waals surface area contributed by atoms with E-state index in [1.807, 2.05) is 17.5 Å². The molecule has 108 valence electrons. The number of thioether (sulfide) groups is 1. The number of rotatable bonds is 8. The lowest BCUT2D eigenvalue weighted by atomic mass is 10.1. The minimum atomic E-state index is -0.980. The molecule has 0 aliphatic carbocycles. The average molecular weight is 301 g/mol. The third-order valence-corrected chi connectivity index (χ3v) is 4.87. The van der Waals surface area contributed by atoms with Crippen LogP contribution in [0.4, 0.5) is 0 Å². The van der Waals surface area contributed by atoms with Crippen LogP contribution in [0.25, 0.3) is 0 Å². The average Bonchev–Trinajstić information content (AvgIpc) is 2.86. The molecule has 0 aromatic carbocycles. The molecule has 19 heavy (non-hydrogen) atoms. The number of hydrogen-bond donors (Lipinski definition) is 2. The number of thiophene rings is 1. The molecule has 0 saturated carbocycles. The zero-order chi connectivity index (χ0) is 14.3. The molecule has 1 unspecified atom stereocenters. The van der Waals surface area contributed by atoms with Crippen LogP contribution in [-0.4, -0.2) is 29.1 Å². The summed E-state index contributed by atoms with van der Waals surface area (Å²) in [5.74, 6) is 2.14. The second-order valence-electron chi connectivity index (χ2n) is 5.26. The second kappa shape index (κ2) is 7.92. The van der Waals surface area contributed by atoms with Gasteiger partial charge < -0.3 is 10.4 Å². The highest BCUT2D eigenvalue weighted by atomic mass is 32.2. The first-order chi connectivity index (χ1) is 8.92. The molecular formula is C14H23NO2S2. The Bertz CT molecular complexity index is 375. The maximum atomic E-state index is 11.7. The summed E-state index contributed by atoms with van der Waals surface area (Å²) in [6.07, 6.45) is 1.13. The molecular weight excluding hydrogens is 278 g/mol. The first-order valence-electron chi connectivity index (χ1n) is 6.52. The van der Waals surface area contributed by atoms with Crippen LogP contribution in [-0.2, 0) is 10.4 Å². The molecule has 1 atom stereocenters. The Morgan fingerprint density at radius 1 is 1.58 bits per heavy atom. The summed E-state index contributed by atoms with van der Waals surface area (Å²) >= 11 is 3.15. The Hall–Kier alpha value is -0.520. The first kappa shape index (κ1) is 16.5. The standard InChI is InChI=1S/C14H23NO2S2/c1-11(2)6-8-18-9-13(16)15-10-14(3,17)12-5-4-7-19-12/h4-5,7,11,17H,6,8-10H2,1-3H3,(H,15,16). The number of hydrogen-bond acceptors (Lipinski definition) is 4. The number of carbonyl (C=O) groups is 1. The topological polar surface area (TPSA) is 49.3 Å². The molecule has 5 heteroatoms. The third kappa shape index (κ3) is 6.45. The van der Waals surface area contributed by atoms with Gasteiger partial charge in [-0.25, -0.2) is 0 Å². The minimum absolute atomic E-state index is 0.00872. The van der Waals surface area contributed by atoms with Crippen molar-refractivity contribution in [2.45, 2.75) is 32.8 Å². The van der Waals surface area contributed by atoms with Crippen LogP contribution in [0.2, 0.25) is 0 Å². The smallest absolute Gasteiger partial charge is 0.230 e. The molecule has 1 heterocycles. The van der Waals surface area contributed by atoms with Crippen molar-refractivity contribution in [1.29, 1.82) is 0 Å². The van der Waals surface area contributed by atoms with Crippen molar-refractivity contribution in [3.63, 3.8) is 0 Å². The highest BCUT2D eigenvalue weighted by Crippen LogP contribution is 2.24. The van der Waals surface area contributed by atoms with Gasteiger partial charge in [0.25, 0.3) is 0 Å².